The van der Waals surface area contributed by atoms with E-state index in [-0.39, 0.29) is 16.9 Å². The number of phenolic OH excluding ortho intramolecular Hbond substituents is 1. The van der Waals surface area contributed by atoms with Crippen LogP contribution >= 0.6 is 0 Å². The fourth-order valence-corrected chi connectivity index (χ4v) is 5.28. The molecule has 4 rings (SSSR count). The molecule has 2 heterocycles. The van der Waals surface area contributed by atoms with Crippen molar-refractivity contribution in [2.75, 3.05) is 0 Å². The lowest BCUT2D eigenvalue weighted by Gasteiger charge is -2.47. The summed E-state index contributed by atoms with van der Waals surface area (Å²) in [5, 5.41) is 15.7. The van der Waals surface area contributed by atoms with Gasteiger partial charge in [0.15, 0.2) is 0 Å². The Kier molecular flexibility index (Phi) is 4.10. The quantitative estimate of drug-likeness (QED) is 0.840. The van der Waals surface area contributed by atoms with E-state index in [9.17, 15) is 5.11 Å². The molecule has 1 N–H and O–H groups in total. The van der Waals surface area contributed by atoms with Crippen LogP contribution in [0.4, 0.5) is 0 Å². The highest BCUT2D eigenvalue weighted by molar-refractivity contribution is 5.54. The molecule has 2 aromatic rings. The number of fused-ring (bicyclic) bond motifs is 4. The van der Waals surface area contributed by atoms with E-state index in [1.807, 2.05) is 17.8 Å². The van der Waals surface area contributed by atoms with Crippen LogP contribution in [-0.4, -0.2) is 20.5 Å². The molecule has 1 aliphatic carbocycles. The summed E-state index contributed by atoms with van der Waals surface area (Å²) in [5.74, 6) is 1.83. The van der Waals surface area contributed by atoms with Gasteiger partial charge in [-0.05, 0) is 61.8 Å². The predicted octanol–water partition coefficient (Wildman–Crippen LogP) is 4.87. The zero-order valence-corrected chi connectivity index (χ0v) is 17.5. The highest BCUT2D eigenvalue weighted by Crippen LogP contribution is 2.54. The summed E-state index contributed by atoms with van der Waals surface area (Å²) < 4.78 is 8.43. The van der Waals surface area contributed by atoms with Gasteiger partial charge >= 0.3 is 0 Å². The van der Waals surface area contributed by atoms with Crippen LogP contribution in [-0.2, 0) is 25.3 Å². The van der Waals surface area contributed by atoms with Crippen LogP contribution < -0.4 is 4.74 Å². The molecule has 0 unspecified atom stereocenters. The summed E-state index contributed by atoms with van der Waals surface area (Å²) in [6, 6.07) is 4.15. The SMILES string of the molecule is CCCC(C)(C)c1cc(O)c2c(c1)OC(C)(C)[C@@H]1Cc3cn(C)nc3C[C@@H]21. The average molecular weight is 369 g/mol. The summed E-state index contributed by atoms with van der Waals surface area (Å²) in [5.41, 5.74) is 4.37. The number of phenols is 1. The van der Waals surface area contributed by atoms with Crippen molar-refractivity contribution in [3.05, 3.63) is 40.7 Å². The molecule has 0 radical (unpaired) electrons. The Morgan fingerprint density at radius 3 is 2.74 bits per heavy atom. The predicted molar refractivity (Wildman–Crippen MR) is 108 cm³/mol. The largest absolute Gasteiger partial charge is 0.508 e. The number of aryl methyl sites for hydroxylation is 1. The fraction of sp³-hybridized carbons (Fsp3) is 0.609. The molecule has 1 aliphatic heterocycles. The molecule has 146 valence electrons. The van der Waals surface area contributed by atoms with Crippen LogP contribution in [0.5, 0.6) is 11.5 Å². The second kappa shape index (κ2) is 6.02. The summed E-state index contributed by atoms with van der Waals surface area (Å²) in [6.07, 6.45) is 6.14. The van der Waals surface area contributed by atoms with Crippen LogP contribution in [0.2, 0.25) is 0 Å². The molecular weight excluding hydrogens is 336 g/mol. The molecule has 0 amide bonds. The highest BCUT2D eigenvalue weighted by Gasteiger charge is 2.48. The third-order valence-electron chi connectivity index (χ3n) is 6.74. The van der Waals surface area contributed by atoms with Crippen molar-refractivity contribution in [2.24, 2.45) is 13.0 Å². The first-order chi connectivity index (χ1) is 12.6. The van der Waals surface area contributed by atoms with Gasteiger partial charge < -0.3 is 9.84 Å². The molecule has 27 heavy (non-hydrogen) atoms. The number of aromatic hydroxyl groups is 1. The van der Waals surface area contributed by atoms with E-state index in [0.717, 1.165) is 48.3 Å². The standard InChI is InChI=1S/C23H32N2O2/c1-7-8-22(2,3)15-10-19(26)21-16-12-18-14(13-25(6)24-18)9-17(16)23(4,5)27-20(21)11-15/h10-11,13,16-17,26H,7-9,12H2,1-6H3/t16-,17-/m1/s1. The zero-order valence-electron chi connectivity index (χ0n) is 17.5. The number of ether oxygens (including phenoxy) is 1. The number of rotatable bonds is 3. The van der Waals surface area contributed by atoms with Crippen LogP contribution in [0, 0.1) is 5.92 Å². The van der Waals surface area contributed by atoms with Gasteiger partial charge in [-0.1, -0.05) is 27.2 Å². The summed E-state index contributed by atoms with van der Waals surface area (Å²) in [7, 11) is 1.98. The first-order valence-corrected chi connectivity index (χ1v) is 10.2. The van der Waals surface area contributed by atoms with E-state index in [0.29, 0.717) is 11.7 Å². The lowest BCUT2D eigenvalue weighted by Crippen LogP contribution is -2.47. The van der Waals surface area contributed by atoms with E-state index >= 15 is 0 Å². The maximum atomic E-state index is 11.0. The van der Waals surface area contributed by atoms with E-state index in [1.54, 1.807) is 0 Å². The van der Waals surface area contributed by atoms with Crippen LogP contribution in [0.15, 0.2) is 18.3 Å². The Labute approximate surface area is 162 Å². The third kappa shape index (κ3) is 2.94. The first-order valence-electron chi connectivity index (χ1n) is 10.2. The Morgan fingerprint density at radius 1 is 1.30 bits per heavy atom. The molecule has 1 aromatic heterocycles. The maximum Gasteiger partial charge on any atom is 0.127 e. The van der Waals surface area contributed by atoms with Gasteiger partial charge in [0.25, 0.3) is 0 Å². The third-order valence-corrected chi connectivity index (χ3v) is 6.74. The van der Waals surface area contributed by atoms with E-state index in [1.165, 1.54) is 5.56 Å². The zero-order chi connectivity index (χ0) is 19.6. The van der Waals surface area contributed by atoms with Crippen molar-refractivity contribution in [1.82, 2.24) is 9.78 Å². The number of nitrogens with zero attached hydrogens (tertiary/aromatic N) is 2. The minimum atomic E-state index is -0.273. The Morgan fingerprint density at radius 2 is 2.04 bits per heavy atom. The van der Waals surface area contributed by atoms with E-state index in [4.69, 9.17) is 4.74 Å². The molecule has 2 aliphatic rings. The van der Waals surface area contributed by atoms with E-state index in [2.05, 4.69) is 52.0 Å². The van der Waals surface area contributed by atoms with Gasteiger partial charge in [0.2, 0.25) is 0 Å². The lowest BCUT2D eigenvalue weighted by molar-refractivity contribution is 0.00538. The summed E-state index contributed by atoms with van der Waals surface area (Å²) >= 11 is 0. The van der Waals surface area contributed by atoms with Gasteiger partial charge in [-0.2, -0.15) is 5.10 Å². The van der Waals surface area contributed by atoms with Crippen molar-refractivity contribution in [1.29, 1.82) is 0 Å². The molecule has 4 heteroatoms. The average Bonchev–Trinajstić information content (AvgIpc) is 2.91. The normalized spacial score (nSPS) is 23.2. The molecule has 4 nitrogen and oxygen atoms in total. The van der Waals surface area contributed by atoms with Crippen molar-refractivity contribution in [3.63, 3.8) is 0 Å². The smallest absolute Gasteiger partial charge is 0.127 e. The molecule has 0 fully saturated rings. The molecule has 0 saturated heterocycles. The van der Waals surface area contributed by atoms with Crippen molar-refractivity contribution in [2.45, 2.75) is 77.2 Å². The Hall–Kier alpha value is -1.97. The summed E-state index contributed by atoms with van der Waals surface area (Å²) in [4.78, 5) is 0. The van der Waals surface area contributed by atoms with Crippen LogP contribution in [0.3, 0.4) is 0 Å². The highest BCUT2D eigenvalue weighted by atomic mass is 16.5. The molecule has 0 bridgehead atoms. The summed E-state index contributed by atoms with van der Waals surface area (Å²) in [6.45, 7) is 11.1. The number of aromatic nitrogens is 2. The van der Waals surface area contributed by atoms with Crippen molar-refractivity contribution >= 4 is 0 Å². The maximum absolute atomic E-state index is 11.0. The minimum absolute atomic E-state index is 0.0202. The molecule has 1 aromatic carbocycles. The van der Waals surface area contributed by atoms with Gasteiger partial charge in [0.1, 0.15) is 17.1 Å². The lowest BCUT2D eigenvalue weighted by atomic mass is 9.66. The van der Waals surface area contributed by atoms with Crippen LogP contribution in [0.1, 0.15) is 75.8 Å². The number of benzene rings is 1. The molecule has 0 saturated carbocycles. The van der Waals surface area contributed by atoms with Gasteiger partial charge in [0, 0.05) is 30.6 Å². The van der Waals surface area contributed by atoms with Gasteiger partial charge in [0.05, 0.1) is 5.69 Å². The number of hydrogen-bond donors (Lipinski definition) is 1. The molecule has 0 spiro atoms. The van der Waals surface area contributed by atoms with E-state index < -0.39 is 0 Å². The molecule has 2 atom stereocenters. The second-order valence-corrected chi connectivity index (χ2v) is 9.64. The monoisotopic (exact) mass is 368 g/mol. The first kappa shape index (κ1) is 18.4. The van der Waals surface area contributed by atoms with Crippen LogP contribution in [0.25, 0.3) is 0 Å². The molecular formula is C23H32N2O2. The van der Waals surface area contributed by atoms with Gasteiger partial charge in [-0.25, -0.2) is 0 Å². The van der Waals surface area contributed by atoms with Crippen molar-refractivity contribution < 1.29 is 9.84 Å². The van der Waals surface area contributed by atoms with Gasteiger partial charge in [-0.3, -0.25) is 4.68 Å². The topological polar surface area (TPSA) is 47.3 Å². The Balaban J connectivity index is 1.82. The Bertz CT molecular complexity index is 879. The minimum Gasteiger partial charge on any atom is -0.508 e. The van der Waals surface area contributed by atoms with Gasteiger partial charge in [-0.15, -0.1) is 0 Å². The van der Waals surface area contributed by atoms with Crippen molar-refractivity contribution in [3.8, 4) is 11.5 Å². The second-order valence-electron chi connectivity index (χ2n) is 9.64. The fourth-order valence-electron chi connectivity index (χ4n) is 5.28. The number of hydrogen-bond acceptors (Lipinski definition) is 3.